The molecule has 0 aliphatic carbocycles. The van der Waals surface area contributed by atoms with Gasteiger partial charge in [0, 0.05) is 23.9 Å². The molecule has 4 aromatic rings. The predicted molar refractivity (Wildman–Crippen MR) is 127 cm³/mol. The van der Waals surface area contributed by atoms with Crippen LogP contribution in [0.5, 0.6) is 5.88 Å². The van der Waals surface area contributed by atoms with E-state index < -0.39 is 11.8 Å². The summed E-state index contributed by atoms with van der Waals surface area (Å²) in [5.41, 5.74) is 4.74. The molecule has 0 saturated heterocycles. The summed E-state index contributed by atoms with van der Waals surface area (Å²) in [6.07, 6.45) is 0.388. The average Bonchev–Trinajstić information content (AvgIpc) is 3.11. The maximum Gasteiger partial charge on any atom is 0.303 e. The van der Waals surface area contributed by atoms with E-state index in [2.05, 4.69) is 10.3 Å². The summed E-state index contributed by atoms with van der Waals surface area (Å²) in [4.78, 5) is 18.7. The van der Waals surface area contributed by atoms with Crippen molar-refractivity contribution < 1.29 is 19.4 Å². The number of aliphatic carboxylic acids is 1. The van der Waals surface area contributed by atoms with Crippen molar-refractivity contribution in [1.29, 1.82) is 0 Å². The van der Waals surface area contributed by atoms with Crippen molar-refractivity contribution in [3.8, 4) is 5.88 Å². The number of aliphatic imine (C=N–C) groups is 1. The third kappa shape index (κ3) is 5.10. The van der Waals surface area contributed by atoms with E-state index in [-0.39, 0.29) is 12.3 Å². The standard InChI is InChI=1S/C26H24FN3O3/c1-28-15-17-5-3-7-20(13-17)29-25(18-6-2-4-16(12-18)8-11-23(31)32)24-21-10-9-19(27)14-22(21)30-26(24)33/h2-7,9-10,12-14,28,30,33H,8,11,15H2,1H3,(H,31,32). The normalized spacial score (nSPS) is 11.8. The molecule has 168 valence electrons. The van der Waals surface area contributed by atoms with Crippen molar-refractivity contribution in [2.75, 3.05) is 7.05 Å². The van der Waals surface area contributed by atoms with Gasteiger partial charge in [-0.2, -0.15) is 0 Å². The number of aromatic nitrogens is 1. The van der Waals surface area contributed by atoms with Crippen LogP contribution in [0.4, 0.5) is 10.1 Å². The van der Waals surface area contributed by atoms with Gasteiger partial charge >= 0.3 is 5.97 Å². The number of carboxylic acids is 1. The molecule has 1 aromatic heterocycles. The predicted octanol–water partition coefficient (Wildman–Crippen LogP) is 4.92. The van der Waals surface area contributed by atoms with Gasteiger partial charge in [-0.25, -0.2) is 9.38 Å². The average molecular weight is 445 g/mol. The Morgan fingerprint density at radius 2 is 1.85 bits per heavy atom. The summed E-state index contributed by atoms with van der Waals surface area (Å²) >= 11 is 0. The van der Waals surface area contributed by atoms with Gasteiger partial charge in [0.1, 0.15) is 5.82 Å². The summed E-state index contributed by atoms with van der Waals surface area (Å²) in [5.74, 6) is -1.40. The maximum atomic E-state index is 13.8. The number of hydrogen-bond donors (Lipinski definition) is 4. The summed E-state index contributed by atoms with van der Waals surface area (Å²) in [7, 11) is 1.87. The molecule has 4 N–H and O–H groups in total. The largest absolute Gasteiger partial charge is 0.494 e. The van der Waals surface area contributed by atoms with Gasteiger partial charge in [-0.1, -0.05) is 30.3 Å². The summed E-state index contributed by atoms with van der Waals surface area (Å²) in [5, 5.41) is 23.6. The van der Waals surface area contributed by atoms with Gasteiger partial charge in [0.15, 0.2) is 5.88 Å². The molecule has 0 amide bonds. The molecule has 0 atom stereocenters. The summed E-state index contributed by atoms with van der Waals surface area (Å²) < 4.78 is 13.8. The van der Waals surface area contributed by atoms with E-state index >= 15 is 0 Å². The lowest BCUT2D eigenvalue weighted by Gasteiger charge is -2.10. The van der Waals surface area contributed by atoms with Gasteiger partial charge in [-0.05, 0) is 61.0 Å². The molecule has 0 aliphatic rings. The van der Waals surface area contributed by atoms with E-state index in [9.17, 15) is 14.3 Å². The number of nitrogens with zero attached hydrogens (tertiary/aromatic N) is 1. The number of benzene rings is 3. The van der Waals surface area contributed by atoms with Gasteiger partial charge < -0.3 is 20.5 Å². The molecule has 4 rings (SSSR count). The summed E-state index contributed by atoms with van der Waals surface area (Å²) in [6, 6.07) is 19.5. The lowest BCUT2D eigenvalue weighted by Crippen LogP contribution is -2.06. The lowest BCUT2D eigenvalue weighted by atomic mass is 9.97. The highest BCUT2D eigenvalue weighted by Crippen LogP contribution is 2.32. The number of aromatic amines is 1. The highest BCUT2D eigenvalue weighted by atomic mass is 19.1. The number of aryl methyl sites for hydroxylation is 1. The second-order valence-corrected chi connectivity index (χ2v) is 7.79. The molecule has 0 unspecified atom stereocenters. The fraction of sp³-hybridized carbons (Fsp3) is 0.154. The minimum absolute atomic E-state index is 0.0135. The first-order valence-corrected chi connectivity index (χ1v) is 10.6. The number of carbonyl (C=O) groups is 1. The van der Waals surface area contributed by atoms with Crippen LogP contribution in [0.1, 0.15) is 28.7 Å². The molecule has 3 aromatic carbocycles. The quantitative estimate of drug-likeness (QED) is 0.290. The third-order valence-electron chi connectivity index (χ3n) is 5.34. The van der Waals surface area contributed by atoms with Crippen LogP contribution in [-0.4, -0.2) is 33.9 Å². The molecule has 6 nitrogen and oxygen atoms in total. The van der Waals surface area contributed by atoms with E-state index in [1.54, 1.807) is 6.07 Å². The van der Waals surface area contributed by atoms with Crippen molar-refractivity contribution in [3.63, 3.8) is 0 Å². The molecule has 0 fully saturated rings. The molecule has 33 heavy (non-hydrogen) atoms. The number of fused-ring (bicyclic) bond motifs is 1. The first-order chi connectivity index (χ1) is 15.9. The number of nitrogens with one attached hydrogen (secondary N) is 2. The second-order valence-electron chi connectivity index (χ2n) is 7.79. The monoisotopic (exact) mass is 445 g/mol. The van der Waals surface area contributed by atoms with Crippen LogP contribution in [0.25, 0.3) is 10.9 Å². The van der Waals surface area contributed by atoms with Gasteiger partial charge in [0.2, 0.25) is 0 Å². The Morgan fingerprint density at radius 3 is 2.64 bits per heavy atom. The Hall–Kier alpha value is -3.97. The van der Waals surface area contributed by atoms with Crippen LogP contribution in [0.15, 0.2) is 71.7 Å². The maximum absolute atomic E-state index is 13.8. The Morgan fingerprint density at radius 1 is 1.06 bits per heavy atom. The molecular formula is C26H24FN3O3. The van der Waals surface area contributed by atoms with Crippen molar-refractivity contribution in [1.82, 2.24) is 10.3 Å². The Balaban J connectivity index is 1.89. The zero-order chi connectivity index (χ0) is 23.4. The lowest BCUT2D eigenvalue weighted by molar-refractivity contribution is -0.136. The second kappa shape index (κ2) is 9.67. The highest BCUT2D eigenvalue weighted by Gasteiger charge is 2.19. The summed E-state index contributed by atoms with van der Waals surface area (Å²) in [6.45, 7) is 0.682. The third-order valence-corrected chi connectivity index (χ3v) is 5.34. The van der Waals surface area contributed by atoms with Crippen LogP contribution in [-0.2, 0) is 17.8 Å². The van der Waals surface area contributed by atoms with E-state index in [0.29, 0.717) is 40.8 Å². The first-order valence-electron chi connectivity index (χ1n) is 10.6. The number of hydrogen-bond acceptors (Lipinski definition) is 4. The number of aromatic hydroxyl groups is 1. The fourth-order valence-corrected chi connectivity index (χ4v) is 3.85. The fourth-order valence-electron chi connectivity index (χ4n) is 3.85. The molecule has 0 bridgehead atoms. The number of H-pyrrole nitrogens is 1. The highest BCUT2D eigenvalue weighted by molar-refractivity contribution is 6.21. The van der Waals surface area contributed by atoms with Crippen molar-refractivity contribution in [3.05, 3.63) is 94.8 Å². The van der Waals surface area contributed by atoms with Crippen LogP contribution >= 0.6 is 0 Å². The SMILES string of the molecule is CNCc1cccc(N=C(c2cccc(CCC(=O)O)c2)c2c(O)[nH]c3cc(F)ccc23)c1. The number of halogens is 1. The minimum atomic E-state index is -0.869. The van der Waals surface area contributed by atoms with Gasteiger partial charge in [0.05, 0.1) is 22.5 Å². The number of carboxylic acid groups (broad SMARTS) is 1. The van der Waals surface area contributed by atoms with Crippen LogP contribution in [0, 0.1) is 5.82 Å². The molecule has 1 heterocycles. The molecule has 7 heteroatoms. The van der Waals surface area contributed by atoms with Crippen LogP contribution in [0.2, 0.25) is 0 Å². The van der Waals surface area contributed by atoms with E-state index in [0.717, 1.165) is 16.7 Å². The topological polar surface area (TPSA) is 97.7 Å². The zero-order valence-corrected chi connectivity index (χ0v) is 18.1. The molecular weight excluding hydrogens is 421 g/mol. The number of rotatable bonds is 8. The minimum Gasteiger partial charge on any atom is -0.494 e. The van der Waals surface area contributed by atoms with Crippen molar-refractivity contribution >= 4 is 28.3 Å². The molecule has 0 saturated carbocycles. The van der Waals surface area contributed by atoms with E-state index in [1.165, 1.54) is 12.1 Å². The van der Waals surface area contributed by atoms with E-state index in [4.69, 9.17) is 10.1 Å². The van der Waals surface area contributed by atoms with Crippen LogP contribution in [0.3, 0.4) is 0 Å². The Labute approximate surface area is 190 Å². The van der Waals surface area contributed by atoms with Gasteiger partial charge in [0.25, 0.3) is 0 Å². The van der Waals surface area contributed by atoms with Crippen molar-refractivity contribution in [2.45, 2.75) is 19.4 Å². The molecule has 0 radical (unpaired) electrons. The van der Waals surface area contributed by atoms with E-state index in [1.807, 2.05) is 55.6 Å². The first kappa shape index (κ1) is 22.2. The van der Waals surface area contributed by atoms with Crippen molar-refractivity contribution in [2.24, 2.45) is 4.99 Å². The van der Waals surface area contributed by atoms with Gasteiger partial charge in [-0.3, -0.25) is 4.79 Å². The zero-order valence-electron chi connectivity index (χ0n) is 18.1. The smallest absolute Gasteiger partial charge is 0.303 e. The van der Waals surface area contributed by atoms with Gasteiger partial charge in [-0.15, -0.1) is 0 Å². The Kier molecular flexibility index (Phi) is 6.51. The molecule has 0 spiro atoms. The molecule has 0 aliphatic heterocycles. The Bertz CT molecular complexity index is 1340. The van der Waals surface area contributed by atoms with Crippen LogP contribution < -0.4 is 5.32 Å².